The number of nitrogens with zero attached hydrogens (tertiary/aromatic N) is 2. The Morgan fingerprint density at radius 1 is 1.11 bits per heavy atom. The normalized spacial score (nSPS) is 12.1. The third-order valence-corrected chi connectivity index (χ3v) is 6.89. The van der Waals surface area contributed by atoms with E-state index in [0.717, 1.165) is 29.0 Å². The molecular formula is C26H36FN3O5S. The summed E-state index contributed by atoms with van der Waals surface area (Å²) in [7, 11) is -2.47. The van der Waals surface area contributed by atoms with E-state index in [-0.39, 0.29) is 18.1 Å². The van der Waals surface area contributed by atoms with Crippen molar-refractivity contribution in [2.75, 3.05) is 30.8 Å². The van der Waals surface area contributed by atoms with Gasteiger partial charge < -0.3 is 15.0 Å². The number of hydrogen-bond donors (Lipinski definition) is 1. The Kier molecular flexibility index (Phi) is 10.7. The number of halogens is 1. The molecule has 10 heteroatoms. The number of ether oxygens (including phenoxy) is 1. The van der Waals surface area contributed by atoms with Gasteiger partial charge in [-0.15, -0.1) is 0 Å². The molecule has 0 heterocycles. The molecule has 0 aliphatic heterocycles. The van der Waals surface area contributed by atoms with Gasteiger partial charge in [0.1, 0.15) is 24.2 Å². The van der Waals surface area contributed by atoms with Crippen LogP contribution in [-0.2, 0) is 26.2 Å². The molecule has 2 aromatic carbocycles. The average molecular weight is 522 g/mol. The van der Waals surface area contributed by atoms with Crippen LogP contribution >= 0.6 is 0 Å². The van der Waals surface area contributed by atoms with Gasteiger partial charge in [-0.25, -0.2) is 12.8 Å². The molecule has 0 aromatic heterocycles. The van der Waals surface area contributed by atoms with Crippen LogP contribution in [0.25, 0.3) is 0 Å². The summed E-state index contributed by atoms with van der Waals surface area (Å²) in [5.41, 5.74) is 1.64. The monoisotopic (exact) mass is 521 g/mol. The highest BCUT2D eigenvalue weighted by atomic mass is 32.2. The van der Waals surface area contributed by atoms with Crippen molar-refractivity contribution in [3.8, 4) is 5.75 Å². The fraction of sp³-hybridized carbons (Fsp3) is 0.462. The summed E-state index contributed by atoms with van der Waals surface area (Å²) < 4.78 is 45.4. The lowest BCUT2D eigenvalue weighted by atomic mass is 10.1. The minimum atomic E-state index is -3.89. The van der Waals surface area contributed by atoms with Gasteiger partial charge in [-0.1, -0.05) is 38.5 Å². The van der Waals surface area contributed by atoms with Crippen LogP contribution in [0.5, 0.6) is 5.75 Å². The van der Waals surface area contributed by atoms with Crippen LogP contribution in [-0.4, -0.2) is 57.6 Å². The Bertz CT molecular complexity index is 1140. The number of carbonyl (C=O) groups excluding carboxylic acids is 2. The summed E-state index contributed by atoms with van der Waals surface area (Å²) in [6, 6.07) is 9.84. The Labute approximate surface area is 213 Å². The zero-order chi connectivity index (χ0) is 26.9. The molecule has 1 N–H and O–H groups in total. The molecule has 2 amide bonds. The van der Waals surface area contributed by atoms with Crippen molar-refractivity contribution in [2.45, 2.75) is 52.6 Å². The number of unbranched alkanes of at least 4 members (excludes halogenated alkanes) is 1. The SMILES string of the molecule is CCCCNC(=O)C(CC)N(Cc1ccc(F)cc1)C(=O)CN(c1cc(C)ccc1OC)S(C)(=O)=O. The molecule has 36 heavy (non-hydrogen) atoms. The second kappa shape index (κ2) is 13.2. The number of benzene rings is 2. The van der Waals surface area contributed by atoms with Gasteiger partial charge in [0.15, 0.2) is 0 Å². The molecule has 0 aliphatic carbocycles. The van der Waals surface area contributed by atoms with Gasteiger partial charge in [0.05, 0.1) is 19.1 Å². The molecule has 0 bridgehead atoms. The van der Waals surface area contributed by atoms with Crippen molar-refractivity contribution in [1.82, 2.24) is 10.2 Å². The molecule has 0 radical (unpaired) electrons. The number of rotatable bonds is 13. The highest BCUT2D eigenvalue weighted by Crippen LogP contribution is 2.31. The van der Waals surface area contributed by atoms with Crippen LogP contribution in [0.1, 0.15) is 44.2 Å². The Hall–Kier alpha value is -3.14. The minimum absolute atomic E-state index is 0.0153. The molecule has 0 saturated heterocycles. The number of aryl methyl sites for hydroxylation is 1. The zero-order valence-corrected chi connectivity index (χ0v) is 22.4. The standard InChI is InChI=1S/C26H36FN3O5S/c1-6-8-15-28-26(32)22(7-2)29(17-20-10-12-21(27)13-11-20)25(31)18-30(36(5,33)34)23-16-19(3)9-14-24(23)35-4/h9-14,16,22H,6-8,15,17-18H2,1-5H3,(H,28,32). The number of nitrogens with one attached hydrogen (secondary N) is 1. The Balaban J connectivity index is 2.46. The predicted octanol–water partition coefficient (Wildman–Crippen LogP) is 3.63. The van der Waals surface area contributed by atoms with Crippen molar-refractivity contribution in [3.63, 3.8) is 0 Å². The first-order valence-electron chi connectivity index (χ1n) is 12.0. The van der Waals surface area contributed by atoms with E-state index in [2.05, 4.69) is 5.32 Å². The van der Waals surface area contributed by atoms with E-state index in [1.165, 1.54) is 36.3 Å². The average Bonchev–Trinajstić information content (AvgIpc) is 2.83. The summed E-state index contributed by atoms with van der Waals surface area (Å²) in [5.74, 6) is -1.00. The van der Waals surface area contributed by atoms with Crippen LogP contribution in [0, 0.1) is 12.7 Å². The van der Waals surface area contributed by atoms with Crippen LogP contribution in [0.3, 0.4) is 0 Å². The highest BCUT2D eigenvalue weighted by Gasteiger charge is 2.32. The molecule has 0 spiro atoms. The summed E-state index contributed by atoms with van der Waals surface area (Å²) in [4.78, 5) is 28.1. The smallest absolute Gasteiger partial charge is 0.244 e. The van der Waals surface area contributed by atoms with Gasteiger partial charge in [0.2, 0.25) is 21.8 Å². The second-order valence-electron chi connectivity index (χ2n) is 8.66. The van der Waals surface area contributed by atoms with Crippen molar-refractivity contribution in [2.24, 2.45) is 0 Å². The van der Waals surface area contributed by atoms with Gasteiger partial charge in [-0.2, -0.15) is 0 Å². The molecule has 1 unspecified atom stereocenters. The predicted molar refractivity (Wildman–Crippen MR) is 139 cm³/mol. The number of carbonyl (C=O) groups is 2. The molecule has 0 saturated carbocycles. The fourth-order valence-corrected chi connectivity index (χ4v) is 4.65. The van der Waals surface area contributed by atoms with E-state index in [9.17, 15) is 22.4 Å². The number of anilines is 1. The van der Waals surface area contributed by atoms with Crippen LogP contribution in [0.4, 0.5) is 10.1 Å². The Morgan fingerprint density at radius 3 is 2.33 bits per heavy atom. The lowest BCUT2D eigenvalue weighted by Crippen LogP contribution is -2.52. The maximum Gasteiger partial charge on any atom is 0.244 e. The summed E-state index contributed by atoms with van der Waals surface area (Å²) in [6.45, 7) is 5.56. The first kappa shape index (κ1) is 29.1. The first-order valence-corrected chi connectivity index (χ1v) is 13.8. The summed E-state index contributed by atoms with van der Waals surface area (Å²) in [5, 5.41) is 2.86. The van der Waals surface area contributed by atoms with Crippen LogP contribution < -0.4 is 14.4 Å². The van der Waals surface area contributed by atoms with E-state index in [1.807, 2.05) is 6.92 Å². The highest BCUT2D eigenvalue weighted by molar-refractivity contribution is 7.92. The maximum atomic E-state index is 13.7. The Morgan fingerprint density at radius 2 is 1.78 bits per heavy atom. The van der Waals surface area contributed by atoms with E-state index in [0.29, 0.717) is 24.3 Å². The van der Waals surface area contributed by atoms with Gasteiger partial charge in [0.25, 0.3) is 0 Å². The number of methoxy groups -OCH3 is 1. The second-order valence-corrected chi connectivity index (χ2v) is 10.6. The van der Waals surface area contributed by atoms with Gasteiger partial charge in [-0.3, -0.25) is 13.9 Å². The topological polar surface area (TPSA) is 96.0 Å². The zero-order valence-electron chi connectivity index (χ0n) is 21.6. The molecule has 2 rings (SSSR count). The number of sulfonamides is 1. The largest absolute Gasteiger partial charge is 0.495 e. The number of amides is 2. The van der Waals surface area contributed by atoms with Gasteiger partial charge in [0, 0.05) is 13.1 Å². The van der Waals surface area contributed by atoms with Crippen molar-refractivity contribution in [1.29, 1.82) is 0 Å². The lowest BCUT2D eigenvalue weighted by Gasteiger charge is -2.33. The molecule has 8 nitrogen and oxygen atoms in total. The quantitative estimate of drug-likeness (QED) is 0.406. The minimum Gasteiger partial charge on any atom is -0.495 e. The third kappa shape index (κ3) is 7.94. The molecule has 2 aromatic rings. The van der Waals surface area contributed by atoms with Gasteiger partial charge in [-0.05, 0) is 55.2 Å². The molecule has 1 atom stereocenters. The van der Waals surface area contributed by atoms with Crippen LogP contribution in [0.2, 0.25) is 0 Å². The first-order chi connectivity index (χ1) is 17.0. The molecule has 0 fully saturated rings. The fourth-order valence-electron chi connectivity index (χ4n) is 3.80. The van der Waals surface area contributed by atoms with Crippen LogP contribution in [0.15, 0.2) is 42.5 Å². The van der Waals surface area contributed by atoms with Crippen molar-refractivity contribution in [3.05, 3.63) is 59.4 Å². The van der Waals surface area contributed by atoms with E-state index in [1.54, 1.807) is 32.0 Å². The third-order valence-electron chi connectivity index (χ3n) is 5.76. The summed E-state index contributed by atoms with van der Waals surface area (Å²) in [6.07, 6.45) is 3.03. The number of hydrogen-bond acceptors (Lipinski definition) is 5. The molecular weight excluding hydrogens is 485 g/mol. The lowest BCUT2D eigenvalue weighted by molar-refractivity contribution is -0.140. The maximum absolute atomic E-state index is 13.7. The van der Waals surface area contributed by atoms with Crippen molar-refractivity contribution >= 4 is 27.5 Å². The molecule has 0 aliphatic rings. The van der Waals surface area contributed by atoms with Crippen molar-refractivity contribution < 1.29 is 27.1 Å². The summed E-state index contributed by atoms with van der Waals surface area (Å²) >= 11 is 0. The van der Waals surface area contributed by atoms with E-state index in [4.69, 9.17) is 4.74 Å². The molecule has 198 valence electrons. The van der Waals surface area contributed by atoms with E-state index >= 15 is 0 Å². The van der Waals surface area contributed by atoms with E-state index < -0.39 is 34.3 Å². The van der Waals surface area contributed by atoms with Gasteiger partial charge >= 0.3 is 0 Å².